The first-order valence-electron chi connectivity index (χ1n) is 8.93. The van der Waals surface area contributed by atoms with Gasteiger partial charge in [-0.25, -0.2) is 0 Å². The number of benzene rings is 3. The lowest BCUT2D eigenvalue weighted by Gasteiger charge is -2.21. The van der Waals surface area contributed by atoms with E-state index in [1.165, 1.54) is 0 Å². The maximum Gasteiger partial charge on any atom is 0.248 e. The van der Waals surface area contributed by atoms with Crippen LogP contribution < -0.4 is 9.64 Å². The molecule has 3 aromatic rings. The van der Waals surface area contributed by atoms with Crippen LogP contribution in [0.25, 0.3) is 11.1 Å². The number of likely N-dealkylation sites (N-methyl/N-ethyl adjacent to an activating group) is 1. The van der Waals surface area contributed by atoms with Gasteiger partial charge in [-0.2, -0.15) is 0 Å². The Morgan fingerprint density at radius 3 is 2.43 bits per heavy atom. The molecule has 0 aromatic heterocycles. The van der Waals surface area contributed by atoms with Gasteiger partial charge in [-0.3, -0.25) is 9.79 Å². The monoisotopic (exact) mass is 434 g/mol. The Kier molecular flexibility index (Phi) is 5.01. The quantitative estimate of drug-likeness (QED) is 0.585. The molecule has 1 amide bonds. The lowest BCUT2D eigenvalue weighted by molar-refractivity contribution is -0.116. The summed E-state index contributed by atoms with van der Waals surface area (Å²) in [6, 6.07) is 22.0. The number of amides is 1. The Morgan fingerprint density at radius 2 is 1.71 bits per heavy atom. The van der Waals surface area contributed by atoms with E-state index in [1.54, 1.807) is 19.1 Å². The van der Waals surface area contributed by atoms with Crippen molar-refractivity contribution in [2.75, 3.05) is 25.6 Å². The molecule has 4 rings (SSSR count). The minimum atomic E-state index is -0.0549. The molecule has 0 N–H and O–H groups in total. The number of halogens is 1. The summed E-state index contributed by atoms with van der Waals surface area (Å²) in [5, 5.41) is 0. The average molecular weight is 435 g/mol. The van der Waals surface area contributed by atoms with Gasteiger partial charge in [0.2, 0.25) is 5.91 Å². The van der Waals surface area contributed by atoms with E-state index in [4.69, 9.17) is 4.74 Å². The summed E-state index contributed by atoms with van der Waals surface area (Å²) in [5.74, 6) is 0.667. The van der Waals surface area contributed by atoms with Gasteiger partial charge < -0.3 is 9.64 Å². The highest BCUT2D eigenvalue weighted by Gasteiger charge is 2.25. The maximum atomic E-state index is 12.5. The third-order valence-corrected chi connectivity index (χ3v) is 5.36. The van der Waals surface area contributed by atoms with Crippen molar-refractivity contribution >= 4 is 33.2 Å². The van der Waals surface area contributed by atoms with Crippen LogP contribution in [-0.4, -0.2) is 32.3 Å². The van der Waals surface area contributed by atoms with Crippen molar-refractivity contribution in [3.8, 4) is 16.9 Å². The van der Waals surface area contributed by atoms with Crippen molar-refractivity contribution in [3.63, 3.8) is 0 Å². The van der Waals surface area contributed by atoms with Crippen molar-refractivity contribution in [2.45, 2.75) is 0 Å². The molecule has 4 nitrogen and oxygen atoms in total. The van der Waals surface area contributed by atoms with Gasteiger partial charge in [-0.15, -0.1) is 0 Å². The zero-order valence-electron chi connectivity index (χ0n) is 15.6. The predicted octanol–water partition coefficient (Wildman–Crippen LogP) is 4.94. The van der Waals surface area contributed by atoms with Crippen LogP contribution in [0.15, 0.2) is 76.2 Å². The minimum absolute atomic E-state index is 0.0549. The van der Waals surface area contributed by atoms with Crippen molar-refractivity contribution in [1.82, 2.24) is 0 Å². The number of nitrogens with zero attached hydrogens (tertiary/aromatic N) is 2. The van der Waals surface area contributed by atoms with Crippen LogP contribution >= 0.6 is 15.9 Å². The summed E-state index contributed by atoms with van der Waals surface area (Å²) in [4.78, 5) is 18.9. The number of rotatable bonds is 3. The molecule has 3 aromatic carbocycles. The number of anilines is 1. The van der Waals surface area contributed by atoms with E-state index >= 15 is 0 Å². The molecule has 0 radical (unpaired) electrons. The Balaban J connectivity index is 1.99. The highest BCUT2D eigenvalue weighted by atomic mass is 79.9. The summed E-state index contributed by atoms with van der Waals surface area (Å²) in [6.45, 7) is 0.107. The van der Waals surface area contributed by atoms with Gasteiger partial charge in [0.1, 0.15) is 12.3 Å². The van der Waals surface area contributed by atoms with Crippen LogP contribution in [0.4, 0.5) is 5.69 Å². The number of methoxy groups -OCH3 is 1. The van der Waals surface area contributed by atoms with Crippen LogP contribution in [0.1, 0.15) is 11.1 Å². The largest absolute Gasteiger partial charge is 0.496 e. The van der Waals surface area contributed by atoms with E-state index < -0.39 is 0 Å². The summed E-state index contributed by atoms with van der Waals surface area (Å²) < 4.78 is 6.63. The number of ether oxygens (including phenoxy) is 1. The summed E-state index contributed by atoms with van der Waals surface area (Å²) >= 11 is 3.53. The zero-order chi connectivity index (χ0) is 19.7. The molecule has 0 atom stereocenters. The van der Waals surface area contributed by atoms with Gasteiger partial charge in [0, 0.05) is 34.3 Å². The molecule has 5 heteroatoms. The Labute approximate surface area is 172 Å². The molecule has 0 saturated heterocycles. The number of hydrogen-bond acceptors (Lipinski definition) is 3. The predicted molar refractivity (Wildman–Crippen MR) is 116 cm³/mol. The molecule has 0 saturated carbocycles. The Morgan fingerprint density at radius 1 is 0.964 bits per heavy atom. The van der Waals surface area contributed by atoms with E-state index in [2.05, 4.69) is 27.0 Å². The Hall–Kier alpha value is -2.92. The molecule has 0 spiro atoms. The standard InChI is InChI=1S/C23H19BrN2O2/c1-26-20-13-21(28-2)18(15-7-4-3-5-8-15)12-19(20)23(25-14-22(26)27)16-9-6-10-17(24)11-16/h3-13H,14H2,1-2H3. The van der Waals surface area contributed by atoms with E-state index in [0.717, 1.165) is 43.9 Å². The van der Waals surface area contributed by atoms with Crippen molar-refractivity contribution in [3.05, 3.63) is 82.3 Å². The molecule has 0 unspecified atom stereocenters. The number of aliphatic imine (C=N–C) groups is 1. The summed E-state index contributed by atoms with van der Waals surface area (Å²) in [7, 11) is 3.43. The van der Waals surface area contributed by atoms with Gasteiger partial charge >= 0.3 is 0 Å². The first-order chi connectivity index (χ1) is 13.6. The number of carbonyl (C=O) groups is 1. The molecule has 28 heavy (non-hydrogen) atoms. The normalized spacial score (nSPS) is 13.6. The van der Waals surface area contributed by atoms with Crippen LogP contribution in [-0.2, 0) is 4.79 Å². The molecule has 0 fully saturated rings. The lowest BCUT2D eigenvalue weighted by atomic mass is 9.94. The summed E-state index contributed by atoms with van der Waals surface area (Å²) in [5.41, 5.74) is 5.47. The second kappa shape index (κ2) is 7.60. The number of benzodiazepines with no additional fused rings is 1. The van der Waals surface area contributed by atoms with Gasteiger partial charge in [-0.05, 0) is 23.8 Å². The first kappa shape index (κ1) is 18.4. The molecular weight excluding hydrogens is 416 g/mol. The van der Waals surface area contributed by atoms with E-state index in [-0.39, 0.29) is 12.5 Å². The molecule has 140 valence electrons. The molecule has 0 bridgehead atoms. The van der Waals surface area contributed by atoms with Gasteiger partial charge in [0.05, 0.1) is 18.5 Å². The molecule has 0 aliphatic carbocycles. The Bertz CT molecular complexity index is 1080. The fraction of sp³-hybridized carbons (Fsp3) is 0.130. The second-order valence-corrected chi connectivity index (χ2v) is 7.48. The first-order valence-corrected chi connectivity index (χ1v) is 9.72. The van der Waals surface area contributed by atoms with Crippen molar-refractivity contribution in [1.29, 1.82) is 0 Å². The van der Waals surface area contributed by atoms with Gasteiger partial charge in [0.25, 0.3) is 0 Å². The van der Waals surface area contributed by atoms with Crippen LogP contribution in [0.5, 0.6) is 5.75 Å². The van der Waals surface area contributed by atoms with Crippen molar-refractivity contribution < 1.29 is 9.53 Å². The average Bonchev–Trinajstić information content (AvgIpc) is 2.84. The van der Waals surface area contributed by atoms with Crippen molar-refractivity contribution in [2.24, 2.45) is 4.99 Å². The highest BCUT2D eigenvalue weighted by Crippen LogP contribution is 2.38. The molecular formula is C23H19BrN2O2. The number of fused-ring (bicyclic) bond motifs is 1. The van der Waals surface area contributed by atoms with Crippen LogP contribution in [0.2, 0.25) is 0 Å². The summed E-state index contributed by atoms with van der Waals surface area (Å²) in [6.07, 6.45) is 0. The third kappa shape index (κ3) is 3.34. The smallest absolute Gasteiger partial charge is 0.248 e. The van der Waals surface area contributed by atoms with Gasteiger partial charge in [-0.1, -0.05) is 58.4 Å². The molecule has 1 aliphatic heterocycles. The third-order valence-electron chi connectivity index (χ3n) is 4.86. The zero-order valence-corrected chi connectivity index (χ0v) is 17.2. The topological polar surface area (TPSA) is 41.9 Å². The van der Waals surface area contributed by atoms with E-state index in [9.17, 15) is 4.79 Å². The molecule has 1 aliphatic rings. The minimum Gasteiger partial charge on any atom is -0.496 e. The van der Waals surface area contributed by atoms with E-state index in [0.29, 0.717) is 0 Å². The fourth-order valence-corrected chi connectivity index (χ4v) is 3.80. The fourth-order valence-electron chi connectivity index (χ4n) is 3.40. The number of carbonyl (C=O) groups excluding carboxylic acids is 1. The van der Waals surface area contributed by atoms with Crippen LogP contribution in [0, 0.1) is 0 Å². The maximum absolute atomic E-state index is 12.5. The SMILES string of the molecule is COc1cc2c(cc1-c1ccccc1)C(c1cccc(Br)c1)=NCC(=O)N2C. The van der Waals surface area contributed by atoms with Gasteiger partial charge in [0.15, 0.2) is 0 Å². The number of hydrogen-bond donors (Lipinski definition) is 0. The van der Waals surface area contributed by atoms with Crippen LogP contribution in [0.3, 0.4) is 0 Å². The lowest BCUT2D eigenvalue weighted by Crippen LogP contribution is -2.27. The van der Waals surface area contributed by atoms with E-state index in [1.807, 2.05) is 60.7 Å². The second-order valence-electron chi connectivity index (χ2n) is 6.56. The molecule has 1 heterocycles. The highest BCUT2D eigenvalue weighted by molar-refractivity contribution is 9.10.